The molecule has 0 saturated heterocycles. The van der Waals surface area contributed by atoms with Crippen LogP contribution in [0.25, 0.3) is 0 Å². The standard InChI is InChI=1S/C8H11NO3/c1-11-7-4-6(2-3-9)12-8(10)5-7/h4-5H,2-3,9H2,1H3. The topological polar surface area (TPSA) is 65.5 Å². The minimum Gasteiger partial charge on any atom is -0.496 e. The van der Waals surface area contributed by atoms with Gasteiger partial charge in [0.15, 0.2) is 0 Å². The lowest BCUT2D eigenvalue weighted by molar-refractivity contribution is 0.392. The summed E-state index contributed by atoms with van der Waals surface area (Å²) in [6.07, 6.45) is 0.548. The molecule has 4 nitrogen and oxygen atoms in total. The highest BCUT2D eigenvalue weighted by Crippen LogP contribution is 2.08. The van der Waals surface area contributed by atoms with E-state index < -0.39 is 5.63 Å². The fourth-order valence-electron chi connectivity index (χ4n) is 0.888. The van der Waals surface area contributed by atoms with Gasteiger partial charge in [0.05, 0.1) is 13.2 Å². The van der Waals surface area contributed by atoms with Crippen LogP contribution in [0.1, 0.15) is 5.76 Å². The fourth-order valence-corrected chi connectivity index (χ4v) is 0.888. The third-order valence-corrected chi connectivity index (χ3v) is 1.42. The highest BCUT2D eigenvalue weighted by Gasteiger charge is 1.99. The van der Waals surface area contributed by atoms with E-state index in [2.05, 4.69) is 0 Å². The minimum absolute atomic E-state index is 0.405. The second-order valence-corrected chi connectivity index (χ2v) is 2.32. The van der Waals surface area contributed by atoms with Gasteiger partial charge in [-0.1, -0.05) is 0 Å². The molecule has 66 valence electrons. The van der Waals surface area contributed by atoms with Crippen LogP contribution in [0.3, 0.4) is 0 Å². The summed E-state index contributed by atoms with van der Waals surface area (Å²) in [5.74, 6) is 1.07. The predicted molar refractivity (Wildman–Crippen MR) is 44.3 cm³/mol. The third-order valence-electron chi connectivity index (χ3n) is 1.42. The van der Waals surface area contributed by atoms with Crippen LogP contribution in [0.2, 0.25) is 0 Å². The van der Waals surface area contributed by atoms with Crippen LogP contribution in [0.5, 0.6) is 5.75 Å². The maximum atomic E-state index is 10.9. The van der Waals surface area contributed by atoms with Gasteiger partial charge in [-0.05, 0) is 6.54 Å². The molecule has 0 radical (unpaired) electrons. The highest BCUT2D eigenvalue weighted by atomic mass is 16.5. The molecule has 0 atom stereocenters. The van der Waals surface area contributed by atoms with Crippen LogP contribution in [0.4, 0.5) is 0 Å². The van der Waals surface area contributed by atoms with Crippen molar-refractivity contribution in [1.29, 1.82) is 0 Å². The maximum Gasteiger partial charge on any atom is 0.339 e. The van der Waals surface area contributed by atoms with Crippen molar-refractivity contribution in [3.05, 3.63) is 28.3 Å². The first-order valence-electron chi connectivity index (χ1n) is 3.64. The van der Waals surface area contributed by atoms with Crippen molar-refractivity contribution in [2.75, 3.05) is 13.7 Å². The molecule has 2 N–H and O–H groups in total. The summed E-state index contributed by atoms with van der Waals surface area (Å²) in [5, 5.41) is 0. The Bertz CT molecular complexity index is 305. The third kappa shape index (κ3) is 2.10. The molecule has 0 aliphatic heterocycles. The second kappa shape index (κ2) is 3.92. The predicted octanol–water partition coefficient (Wildman–Crippen LogP) is 0.150. The van der Waals surface area contributed by atoms with Gasteiger partial charge < -0.3 is 14.9 Å². The van der Waals surface area contributed by atoms with Gasteiger partial charge in [-0.2, -0.15) is 0 Å². The summed E-state index contributed by atoms with van der Waals surface area (Å²) in [6.45, 7) is 0.454. The van der Waals surface area contributed by atoms with Crippen molar-refractivity contribution in [1.82, 2.24) is 0 Å². The molecule has 0 aromatic carbocycles. The van der Waals surface area contributed by atoms with E-state index in [4.69, 9.17) is 14.9 Å². The quantitative estimate of drug-likeness (QED) is 0.699. The Kier molecular flexibility index (Phi) is 2.88. The Morgan fingerprint density at radius 1 is 1.58 bits per heavy atom. The van der Waals surface area contributed by atoms with Gasteiger partial charge in [-0.15, -0.1) is 0 Å². The smallest absolute Gasteiger partial charge is 0.339 e. The average Bonchev–Trinajstić information content (AvgIpc) is 2.04. The van der Waals surface area contributed by atoms with Crippen LogP contribution < -0.4 is 16.1 Å². The van der Waals surface area contributed by atoms with Gasteiger partial charge in [-0.3, -0.25) is 0 Å². The van der Waals surface area contributed by atoms with Crippen LogP contribution >= 0.6 is 0 Å². The lowest BCUT2D eigenvalue weighted by Gasteiger charge is -2.00. The van der Waals surface area contributed by atoms with Crippen molar-refractivity contribution in [3.63, 3.8) is 0 Å². The molecule has 0 fully saturated rings. The van der Waals surface area contributed by atoms with Gasteiger partial charge >= 0.3 is 5.63 Å². The molecule has 1 aromatic rings. The van der Waals surface area contributed by atoms with E-state index >= 15 is 0 Å². The lowest BCUT2D eigenvalue weighted by atomic mass is 10.3. The van der Waals surface area contributed by atoms with Crippen molar-refractivity contribution in [3.8, 4) is 5.75 Å². The molecule has 1 rings (SSSR count). The van der Waals surface area contributed by atoms with Gasteiger partial charge in [0.1, 0.15) is 11.5 Å². The first kappa shape index (κ1) is 8.80. The fraction of sp³-hybridized carbons (Fsp3) is 0.375. The Balaban J connectivity index is 2.98. The molecule has 1 heterocycles. The molecule has 0 saturated carbocycles. The average molecular weight is 169 g/mol. The highest BCUT2D eigenvalue weighted by molar-refractivity contribution is 5.20. The molecule has 12 heavy (non-hydrogen) atoms. The number of hydrogen-bond donors (Lipinski definition) is 1. The van der Waals surface area contributed by atoms with E-state index in [-0.39, 0.29) is 0 Å². The molecule has 0 bridgehead atoms. The summed E-state index contributed by atoms with van der Waals surface area (Å²) in [7, 11) is 1.50. The Morgan fingerprint density at radius 2 is 2.33 bits per heavy atom. The normalized spacial score (nSPS) is 9.83. The largest absolute Gasteiger partial charge is 0.496 e. The van der Waals surface area contributed by atoms with Gasteiger partial charge in [0.25, 0.3) is 0 Å². The van der Waals surface area contributed by atoms with Gasteiger partial charge in [-0.25, -0.2) is 4.79 Å². The Morgan fingerprint density at radius 3 is 2.92 bits per heavy atom. The van der Waals surface area contributed by atoms with Crippen LogP contribution in [-0.2, 0) is 6.42 Å². The van der Waals surface area contributed by atoms with E-state index in [0.717, 1.165) is 0 Å². The Labute approximate surface area is 69.9 Å². The van der Waals surface area contributed by atoms with Crippen molar-refractivity contribution in [2.45, 2.75) is 6.42 Å². The maximum absolute atomic E-state index is 10.9. The molecular formula is C8H11NO3. The minimum atomic E-state index is -0.405. The number of hydrogen-bond acceptors (Lipinski definition) is 4. The zero-order chi connectivity index (χ0) is 8.97. The summed E-state index contributed by atoms with van der Waals surface area (Å²) in [4.78, 5) is 10.9. The van der Waals surface area contributed by atoms with E-state index in [1.54, 1.807) is 6.07 Å². The summed E-state index contributed by atoms with van der Waals surface area (Å²) in [5.41, 5.74) is 4.89. The van der Waals surface area contributed by atoms with E-state index in [9.17, 15) is 4.79 Å². The van der Waals surface area contributed by atoms with Gasteiger partial charge in [0, 0.05) is 12.5 Å². The molecule has 0 aliphatic carbocycles. The molecule has 0 unspecified atom stereocenters. The molecule has 1 aromatic heterocycles. The zero-order valence-corrected chi connectivity index (χ0v) is 6.87. The molecule has 4 heteroatoms. The first-order chi connectivity index (χ1) is 5.76. The number of nitrogens with two attached hydrogens (primary N) is 1. The zero-order valence-electron chi connectivity index (χ0n) is 6.87. The number of ether oxygens (including phenoxy) is 1. The SMILES string of the molecule is COc1cc(CCN)oc(=O)c1. The van der Waals surface area contributed by atoms with Crippen LogP contribution in [0.15, 0.2) is 21.3 Å². The first-order valence-corrected chi connectivity index (χ1v) is 3.64. The molecule has 0 spiro atoms. The van der Waals surface area contributed by atoms with Crippen molar-refractivity contribution in [2.24, 2.45) is 5.73 Å². The van der Waals surface area contributed by atoms with E-state index in [1.807, 2.05) is 0 Å². The number of methoxy groups -OCH3 is 1. The van der Waals surface area contributed by atoms with E-state index in [1.165, 1.54) is 13.2 Å². The summed E-state index contributed by atoms with van der Waals surface area (Å²) < 4.78 is 9.73. The molecular weight excluding hydrogens is 158 g/mol. The number of rotatable bonds is 3. The summed E-state index contributed by atoms with van der Waals surface area (Å²) >= 11 is 0. The van der Waals surface area contributed by atoms with Crippen LogP contribution in [0, 0.1) is 0 Å². The van der Waals surface area contributed by atoms with E-state index in [0.29, 0.717) is 24.5 Å². The van der Waals surface area contributed by atoms with Crippen molar-refractivity contribution >= 4 is 0 Å². The summed E-state index contributed by atoms with van der Waals surface area (Å²) in [6, 6.07) is 2.95. The molecule has 0 amide bonds. The van der Waals surface area contributed by atoms with Crippen LogP contribution in [-0.4, -0.2) is 13.7 Å². The van der Waals surface area contributed by atoms with Gasteiger partial charge in [0.2, 0.25) is 0 Å². The Hall–Kier alpha value is -1.29. The van der Waals surface area contributed by atoms with Crippen molar-refractivity contribution < 1.29 is 9.15 Å². The molecule has 0 aliphatic rings. The second-order valence-electron chi connectivity index (χ2n) is 2.32. The lowest BCUT2D eigenvalue weighted by Crippen LogP contribution is -2.06. The monoisotopic (exact) mass is 169 g/mol.